The van der Waals surface area contributed by atoms with E-state index in [4.69, 9.17) is 11.1 Å². The van der Waals surface area contributed by atoms with Crippen LogP contribution in [0, 0.1) is 26.2 Å². The van der Waals surface area contributed by atoms with Crippen LogP contribution in [0.3, 0.4) is 0 Å². The van der Waals surface area contributed by atoms with E-state index in [0.717, 1.165) is 11.4 Å². The molecular weight excluding hydrogens is 248 g/mol. The van der Waals surface area contributed by atoms with Crippen molar-refractivity contribution in [3.63, 3.8) is 0 Å². The van der Waals surface area contributed by atoms with Crippen LogP contribution in [0.2, 0.25) is 0 Å². The number of hydrogen-bond donors (Lipinski definition) is 2. The fourth-order valence-corrected chi connectivity index (χ4v) is 2.28. The normalized spacial score (nSPS) is 10.4. The predicted molar refractivity (Wildman–Crippen MR) is 84.0 cm³/mol. The summed E-state index contributed by atoms with van der Waals surface area (Å²) < 4.78 is 0. The van der Waals surface area contributed by atoms with Gasteiger partial charge < -0.3 is 10.6 Å². The Bertz CT molecular complexity index is 641. The second-order valence-corrected chi connectivity index (χ2v) is 5.14. The molecule has 20 heavy (non-hydrogen) atoms. The maximum absolute atomic E-state index is 7.70. The van der Waals surface area contributed by atoms with E-state index >= 15 is 0 Å². The molecule has 0 amide bonds. The van der Waals surface area contributed by atoms with Crippen molar-refractivity contribution < 1.29 is 0 Å². The van der Waals surface area contributed by atoms with Crippen molar-refractivity contribution in [1.82, 2.24) is 4.98 Å². The van der Waals surface area contributed by atoms with E-state index in [-0.39, 0.29) is 5.84 Å². The lowest BCUT2D eigenvalue weighted by Crippen LogP contribution is -2.20. The molecule has 0 radical (unpaired) electrons. The number of amidine groups is 1. The molecule has 0 saturated carbocycles. The number of nitrogens with two attached hydrogens (primary N) is 1. The zero-order valence-electron chi connectivity index (χ0n) is 12.4. The average Bonchev–Trinajstić information content (AvgIpc) is 2.36. The first-order valence-electron chi connectivity index (χ1n) is 6.52. The number of pyridine rings is 1. The standard InChI is InChI=1S/C16H20N4/c1-10-7-11(2)9-13(8-10)20(4)16-14(15(17)18)6-5-12(3)19-16/h5-9H,1-4H3,(H3,17,18). The number of nitrogens with zero attached hydrogens (tertiary/aromatic N) is 2. The zero-order chi connectivity index (χ0) is 14.9. The highest BCUT2D eigenvalue weighted by Crippen LogP contribution is 2.27. The molecule has 1 aromatic heterocycles. The van der Waals surface area contributed by atoms with Crippen molar-refractivity contribution in [2.24, 2.45) is 5.73 Å². The first-order valence-corrected chi connectivity index (χ1v) is 6.52. The first-order chi connectivity index (χ1) is 9.38. The van der Waals surface area contributed by atoms with Gasteiger partial charge >= 0.3 is 0 Å². The van der Waals surface area contributed by atoms with Crippen LogP contribution in [0.15, 0.2) is 30.3 Å². The Hall–Kier alpha value is -2.36. The van der Waals surface area contributed by atoms with Gasteiger partial charge in [0, 0.05) is 18.4 Å². The second kappa shape index (κ2) is 5.33. The molecule has 0 aliphatic heterocycles. The number of aryl methyl sites for hydroxylation is 3. The number of nitrogens with one attached hydrogen (secondary N) is 1. The molecule has 4 nitrogen and oxygen atoms in total. The number of hydrogen-bond acceptors (Lipinski definition) is 3. The van der Waals surface area contributed by atoms with E-state index in [0.29, 0.717) is 11.4 Å². The third-order valence-corrected chi connectivity index (χ3v) is 3.22. The van der Waals surface area contributed by atoms with Gasteiger partial charge in [-0.05, 0) is 56.2 Å². The maximum atomic E-state index is 7.70. The molecule has 4 heteroatoms. The summed E-state index contributed by atoms with van der Waals surface area (Å²) in [5.74, 6) is 0.742. The summed E-state index contributed by atoms with van der Waals surface area (Å²) in [5.41, 5.74) is 10.7. The molecule has 104 valence electrons. The molecular formula is C16H20N4. The van der Waals surface area contributed by atoms with E-state index in [1.165, 1.54) is 11.1 Å². The van der Waals surface area contributed by atoms with Gasteiger partial charge in [0.1, 0.15) is 11.7 Å². The molecule has 0 atom stereocenters. The summed E-state index contributed by atoms with van der Waals surface area (Å²) in [4.78, 5) is 6.51. The van der Waals surface area contributed by atoms with Gasteiger partial charge in [0.2, 0.25) is 0 Å². The van der Waals surface area contributed by atoms with Gasteiger partial charge in [-0.15, -0.1) is 0 Å². The SMILES string of the molecule is Cc1cc(C)cc(N(C)c2nc(C)ccc2C(=N)N)c1. The fraction of sp³-hybridized carbons (Fsp3) is 0.250. The zero-order valence-corrected chi connectivity index (χ0v) is 12.4. The Balaban J connectivity index is 2.54. The second-order valence-electron chi connectivity index (χ2n) is 5.14. The number of anilines is 2. The summed E-state index contributed by atoms with van der Waals surface area (Å²) in [7, 11) is 1.95. The van der Waals surface area contributed by atoms with Crippen LogP contribution in [0.4, 0.5) is 11.5 Å². The summed E-state index contributed by atoms with van der Waals surface area (Å²) >= 11 is 0. The third-order valence-electron chi connectivity index (χ3n) is 3.22. The molecule has 0 unspecified atom stereocenters. The molecule has 0 aliphatic carbocycles. The molecule has 2 aromatic rings. The minimum atomic E-state index is 0.0312. The van der Waals surface area contributed by atoms with Gasteiger partial charge in [-0.1, -0.05) is 6.07 Å². The highest BCUT2D eigenvalue weighted by Gasteiger charge is 2.14. The monoisotopic (exact) mass is 268 g/mol. The highest BCUT2D eigenvalue weighted by molar-refractivity contribution is 6.00. The van der Waals surface area contributed by atoms with Crippen LogP contribution in [-0.2, 0) is 0 Å². The number of rotatable bonds is 3. The first kappa shape index (κ1) is 14.1. The Morgan fingerprint density at radius 2 is 1.70 bits per heavy atom. The molecule has 2 rings (SSSR count). The van der Waals surface area contributed by atoms with Crippen molar-refractivity contribution in [3.05, 3.63) is 52.7 Å². The summed E-state index contributed by atoms with van der Waals surface area (Å²) in [6.45, 7) is 6.07. The van der Waals surface area contributed by atoms with Gasteiger partial charge in [0.25, 0.3) is 0 Å². The van der Waals surface area contributed by atoms with Crippen LogP contribution in [0.1, 0.15) is 22.4 Å². The van der Waals surface area contributed by atoms with Crippen molar-refractivity contribution in [2.45, 2.75) is 20.8 Å². The van der Waals surface area contributed by atoms with Crippen molar-refractivity contribution in [3.8, 4) is 0 Å². The molecule has 0 fully saturated rings. The average molecular weight is 268 g/mol. The third kappa shape index (κ3) is 2.79. The molecule has 0 saturated heterocycles. The quantitative estimate of drug-likeness (QED) is 0.664. The van der Waals surface area contributed by atoms with Gasteiger partial charge in [-0.25, -0.2) is 4.98 Å². The largest absolute Gasteiger partial charge is 0.384 e. The lowest BCUT2D eigenvalue weighted by atomic mass is 10.1. The number of benzene rings is 1. The topological polar surface area (TPSA) is 66.0 Å². The summed E-state index contributed by atoms with van der Waals surface area (Å²) in [6, 6.07) is 10.0. The van der Waals surface area contributed by atoms with E-state index in [1.807, 2.05) is 31.0 Å². The number of aromatic nitrogens is 1. The Morgan fingerprint density at radius 1 is 1.10 bits per heavy atom. The lowest BCUT2D eigenvalue weighted by Gasteiger charge is -2.22. The van der Waals surface area contributed by atoms with Gasteiger partial charge in [0.15, 0.2) is 0 Å². The van der Waals surface area contributed by atoms with E-state index in [2.05, 4.69) is 37.0 Å². The Labute approximate surface area is 119 Å². The van der Waals surface area contributed by atoms with E-state index < -0.39 is 0 Å². The van der Waals surface area contributed by atoms with Crippen molar-refractivity contribution in [1.29, 1.82) is 5.41 Å². The lowest BCUT2D eigenvalue weighted by molar-refractivity contribution is 1.08. The van der Waals surface area contributed by atoms with E-state index in [9.17, 15) is 0 Å². The van der Waals surface area contributed by atoms with E-state index in [1.54, 1.807) is 0 Å². The van der Waals surface area contributed by atoms with Crippen LogP contribution in [-0.4, -0.2) is 17.9 Å². The Kier molecular flexibility index (Phi) is 3.74. The molecule has 3 N–H and O–H groups in total. The van der Waals surface area contributed by atoms with Crippen LogP contribution >= 0.6 is 0 Å². The Morgan fingerprint density at radius 3 is 2.25 bits per heavy atom. The molecule has 1 heterocycles. The summed E-state index contributed by atoms with van der Waals surface area (Å²) in [6.07, 6.45) is 0. The summed E-state index contributed by atoms with van der Waals surface area (Å²) in [5, 5.41) is 7.70. The van der Waals surface area contributed by atoms with Crippen LogP contribution in [0.25, 0.3) is 0 Å². The fourth-order valence-electron chi connectivity index (χ4n) is 2.28. The van der Waals surface area contributed by atoms with Crippen LogP contribution in [0.5, 0.6) is 0 Å². The minimum Gasteiger partial charge on any atom is -0.384 e. The predicted octanol–water partition coefficient (Wildman–Crippen LogP) is 3.06. The van der Waals surface area contributed by atoms with Crippen molar-refractivity contribution >= 4 is 17.3 Å². The molecule has 0 aliphatic rings. The number of nitrogen functional groups attached to an aromatic ring is 1. The molecule has 0 bridgehead atoms. The highest BCUT2D eigenvalue weighted by atomic mass is 15.2. The van der Waals surface area contributed by atoms with Crippen molar-refractivity contribution in [2.75, 3.05) is 11.9 Å². The smallest absolute Gasteiger partial charge is 0.144 e. The minimum absolute atomic E-state index is 0.0312. The molecule has 1 aromatic carbocycles. The van der Waals surface area contributed by atoms with Crippen LogP contribution < -0.4 is 10.6 Å². The van der Waals surface area contributed by atoms with Gasteiger partial charge in [0.05, 0.1) is 5.56 Å². The van der Waals surface area contributed by atoms with Gasteiger partial charge in [-0.2, -0.15) is 0 Å². The van der Waals surface area contributed by atoms with Gasteiger partial charge in [-0.3, -0.25) is 5.41 Å². The molecule has 0 spiro atoms. The maximum Gasteiger partial charge on any atom is 0.144 e.